The second-order valence-corrected chi connectivity index (χ2v) is 9.94. The molecule has 2 saturated carbocycles. The normalized spacial score (nSPS) is 18.5. The number of aromatic nitrogens is 1. The van der Waals surface area contributed by atoms with E-state index in [4.69, 9.17) is 32.9 Å². The van der Waals surface area contributed by atoms with Crippen molar-refractivity contribution in [1.29, 1.82) is 0 Å². The summed E-state index contributed by atoms with van der Waals surface area (Å²) in [5, 5.41) is 14.0. The van der Waals surface area contributed by atoms with Gasteiger partial charge in [0.2, 0.25) is 0 Å². The lowest BCUT2D eigenvalue weighted by atomic mass is 9.58. The van der Waals surface area contributed by atoms with E-state index in [1.165, 1.54) is 0 Å². The Hall–Kier alpha value is -2.97. The number of amides is 1. The standard InChI is InChI=1S/C26H27Cl2N3O5/c1-2-36-25(34)20(30-21-13-22(32)26(21)10-4-3-5-11-26)12-16-6-8-17(9-7-16)29-24(33)23-18(27)14-31(35)15-19(23)28/h6-9,14-15,20H,2-5,10-13H2,1H3,(H,29,33)/t20-/m0/s1. The molecule has 1 spiro atoms. The molecule has 190 valence electrons. The highest BCUT2D eigenvalue weighted by Crippen LogP contribution is 2.47. The second-order valence-electron chi connectivity index (χ2n) is 9.13. The van der Waals surface area contributed by atoms with E-state index in [0.29, 0.717) is 23.3 Å². The number of esters is 1. The van der Waals surface area contributed by atoms with Gasteiger partial charge in [-0.25, -0.2) is 4.79 Å². The molecule has 4 rings (SSSR count). The van der Waals surface area contributed by atoms with E-state index >= 15 is 0 Å². The molecule has 0 radical (unpaired) electrons. The number of nitrogens with one attached hydrogen (secondary N) is 1. The summed E-state index contributed by atoms with van der Waals surface area (Å²) in [6.45, 7) is 1.99. The molecular weight excluding hydrogens is 505 g/mol. The van der Waals surface area contributed by atoms with Gasteiger partial charge in [-0.15, -0.1) is 0 Å². The lowest BCUT2D eigenvalue weighted by Gasteiger charge is -2.44. The van der Waals surface area contributed by atoms with Crippen molar-refractivity contribution >= 4 is 52.3 Å². The number of hydrogen-bond acceptors (Lipinski definition) is 6. The van der Waals surface area contributed by atoms with E-state index in [9.17, 15) is 19.6 Å². The summed E-state index contributed by atoms with van der Waals surface area (Å²) in [7, 11) is 0. The van der Waals surface area contributed by atoms with Gasteiger partial charge in [-0.3, -0.25) is 14.6 Å². The molecule has 2 fully saturated rings. The summed E-state index contributed by atoms with van der Waals surface area (Å²) in [6, 6.07) is 6.20. The van der Waals surface area contributed by atoms with Crippen molar-refractivity contribution in [3.63, 3.8) is 0 Å². The van der Waals surface area contributed by atoms with Gasteiger partial charge in [0, 0.05) is 24.2 Å². The number of pyridine rings is 1. The summed E-state index contributed by atoms with van der Waals surface area (Å²) >= 11 is 12.0. The first-order valence-corrected chi connectivity index (χ1v) is 12.7. The van der Waals surface area contributed by atoms with Crippen LogP contribution >= 0.6 is 23.2 Å². The van der Waals surface area contributed by atoms with Gasteiger partial charge in [0.15, 0.2) is 18.4 Å². The van der Waals surface area contributed by atoms with Crippen LogP contribution in [0, 0.1) is 10.6 Å². The van der Waals surface area contributed by atoms with Crippen molar-refractivity contribution in [2.24, 2.45) is 10.4 Å². The first-order chi connectivity index (χ1) is 17.2. The number of carbonyl (C=O) groups excluding carboxylic acids is 3. The van der Waals surface area contributed by atoms with Crippen LogP contribution in [-0.2, 0) is 20.7 Å². The number of halogens is 2. The zero-order valence-electron chi connectivity index (χ0n) is 19.9. The molecule has 0 bridgehead atoms. The number of carbonyl (C=O) groups is 3. The average Bonchev–Trinajstić information content (AvgIpc) is 2.84. The van der Waals surface area contributed by atoms with Crippen LogP contribution < -0.4 is 10.0 Å². The molecule has 0 saturated heterocycles. The summed E-state index contributed by atoms with van der Waals surface area (Å²) in [5.41, 5.74) is 1.65. The molecule has 1 aromatic carbocycles. The molecule has 10 heteroatoms. The average molecular weight is 532 g/mol. The van der Waals surface area contributed by atoms with Crippen LogP contribution in [0.3, 0.4) is 0 Å². The number of hydrogen-bond donors (Lipinski definition) is 1. The molecule has 8 nitrogen and oxygen atoms in total. The van der Waals surface area contributed by atoms with Gasteiger partial charge in [-0.1, -0.05) is 54.6 Å². The number of anilines is 1. The van der Waals surface area contributed by atoms with Crippen molar-refractivity contribution in [3.05, 3.63) is 63.0 Å². The molecule has 1 amide bonds. The number of benzene rings is 1. The van der Waals surface area contributed by atoms with Gasteiger partial charge >= 0.3 is 5.97 Å². The lowest BCUT2D eigenvalue weighted by molar-refractivity contribution is -0.605. The molecular formula is C26H27Cl2N3O5. The molecule has 2 aliphatic rings. The van der Waals surface area contributed by atoms with Gasteiger partial charge in [-0.2, -0.15) is 4.73 Å². The first-order valence-electron chi connectivity index (χ1n) is 12.0. The maximum atomic E-state index is 12.7. The quantitative estimate of drug-likeness (QED) is 0.315. The Balaban J connectivity index is 1.49. The van der Waals surface area contributed by atoms with Crippen LogP contribution in [0.4, 0.5) is 5.69 Å². The predicted molar refractivity (Wildman–Crippen MR) is 137 cm³/mol. The Kier molecular flexibility index (Phi) is 7.95. The van der Waals surface area contributed by atoms with Gasteiger partial charge < -0.3 is 15.3 Å². The molecule has 1 N–H and O–H groups in total. The van der Waals surface area contributed by atoms with Gasteiger partial charge in [0.1, 0.15) is 15.8 Å². The summed E-state index contributed by atoms with van der Waals surface area (Å²) in [4.78, 5) is 42.6. The zero-order chi connectivity index (χ0) is 25.9. The summed E-state index contributed by atoms with van der Waals surface area (Å²) in [5.74, 6) is -0.745. The molecule has 0 unspecified atom stereocenters. The Morgan fingerprint density at radius 2 is 1.78 bits per heavy atom. The van der Waals surface area contributed by atoms with Crippen LogP contribution in [0.5, 0.6) is 0 Å². The Labute approximate surface area is 219 Å². The highest BCUT2D eigenvalue weighted by atomic mass is 35.5. The van der Waals surface area contributed by atoms with Crippen LogP contribution in [-0.4, -0.2) is 36.0 Å². The largest absolute Gasteiger partial charge is 0.619 e. The fourth-order valence-electron chi connectivity index (χ4n) is 4.91. The summed E-state index contributed by atoms with van der Waals surface area (Å²) < 4.78 is 5.69. The third-order valence-corrected chi connectivity index (χ3v) is 7.39. The SMILES string of the molecule is CCOC(=O)[C@H](Cc1ccc(NC(=O)c2c(Cl)c[n+]([O-])cc2Cl)cc1)N=C1CC(=O)C12CCCCC2. The minimum absolute atomic E-state index is 0.000558. The molecule has 2 aliphatic carbocycles. The molecule has 2 aromatic rings. The first kappa shape index (κ1) is 26.1. The van der Waals surface area contributed by atoms with Crippen LogP contribution in [0.15, 0.2) is 41.7 Å². The van der Waals surface area contributed by atoms with Crippen molar-refractivity contribution in [2.75, 3.05) is 11.9 Å². The lowest BCUT2D eigenvalue weighted by Crippen LogP contribution is -2.52. The fraction of sp³-hybridized carbons (Fsp3) is 0.423. The smallest absolute Gasteiger partial charge is 0.331 e. The van der Waals surface area contributed by atoms with E-state index in [-0.39, 0.29) is 28.0 Å². The maximum Gasteiger partial charge on any atom is 0.331 e. The number of rotatable bonds is 7. The third-order valence-electron chi connectivity index (χ3n) is 6.82. The highest BCUT2D eigenvalue weighted by Gasteiger charge is 2.52. The molecule has 1 heterocycles. The van der Waals surface area contributed by atoms with E-state index in [0.717, 1.165) is 55.8 Å². The molecule has 36 heavy (non-hydrogen) atoms. The number of ketones is 1. The van der Waals surface area contributed by atoms with Gasteiger partial charge in [-0.05, 0) is 37.5 Å². The maximum absolute atomic E-state index is 12.7. The van der Waals surface area contributed by atoms with Crippen molar-refractivity contribution in [2.45, 2.75) is 57.9 Å². The highest BCUT2D eigenvalue weighted by molar-refractivity contribution is 6.40. The topological polar surface area (TPSA) is 112 Å². The fourth-order valence-corrected chi connectivity index (χ4v) is 5.52. The van der Waals surface area contributed by atoms with Crippen molar-refractivity contribution in [3.8, 4) is 0 Å². The van der Waals surface area contributed by atoms with E-state index in [2.05, 4.69) is 5.32 Å². The predicted octanol–water partition coefficient (Wildman–Crippen LogP) is 4.72. The van der Waals surface area contributed by atoms with E-state index in [1.807, 2.05) is 0 Å². The van der Waals surface area contributed by atoms with Crippen LogP contribution in [0.25, 0.3) is 0 Å². The number of ether oxygens (including phenoxy) is 1. The Morgan fingerprint density at radius 3 is 2.36 bits per heavy atom. The monoisotopic (exact) mass is 531 g/mol. The Morgan fingerprint density at radius 1 is 1.14 bits per heavy atom. The van der Waals surface area contributed by atoms with Crippen molar-refractivity contribution < 1.29 is 23.9 Å². The number of aliphatic imine (C=N–C) groups is 1. The molecule has 0 aliphatic heterocycles. The minimum Gasteiger partial charge on any atom is -0.619 e. The minimum atomic E-state index is -0.743. The van der Waals surface area contributed by atoms with E-state index < -0.39 is 23.3 Å². The number of Topliss-reactive ketones (excluding diaryl/α,β-unsaturated/α-hetero) is 1. The zero-order valence-corrected chi connectivity index (χ0v) is 21.4. The van der Waals surface area contributed by atoms with Crippen molar-refractivity contribution in [1.82, 2.24) is 0 Å². The van der Waals surface area contributed by atoms with Gasteiger partial charge in [0.25, 0.3) is 5.91 Å². The van der Waals surface area contributed by atoms with Crippen LogP contribution in [0.2, 0.25) is 10.0 Å². The summed E-state index contributed by atoms with van der Waals surface area (Å²) in [6.07, 6.45) is 7.44. The Bertz CT molecular complexity index is 1180. The molecule has 1 atom stereocenters. The third kappa shape index (κ3) is 5.39. The number of nitrogens with zero attached hydrogens (tertiary/aromatic N) is 2. The molecule has 1 aromatic heterocycles. The van der Waals surface area contributed by atoms with E-state index in [1.54, 1.807) is 31.2 Å². The second kappa shape index (κ2) is 11.0. The van der Waals surface area contributed by atoms with Crippen LogP contribution in [0.1, 0.15) is 61.4 Å². The van der Waals surface area contributed by atoms with Gasteiger partial charge in [0.05, 0.1) is 17.6 Å².